The molecule has 0 unspecified atom stereocenters. The van der Waals surface area contributed by atoms with Crippen LogP contribution in [0.5, 0.6) is 0 Å². The van der Waals surface area contributed by atoms with Crippen LogP contribution in [0.25, 0.3) is 0 Å². The Balaban J connectivity index is 0.000000312. The van der Waals surface area contributed by atoms with Crippen molar-refractivity contribution in [2.45, 2.75) is 120 Å². The van der Waals surface area contributed by atoms with Crippen LogP contribution in [0.1, 0.15) is 120 Å². The summed E-state index contributed by atoms with van der Waals surface area (Å²) in [6.45, 7) is 12.7. The summed E-state index contributed by atoms with van der Waals surface area (Å²) in [7, 11) is 3.17. The first-order valence-electron chi connectivity index (χ1n) is 27.8. The molecule has 11 nitrogen and oxygen atoms in total. The lowest BCUT2D eigenvalue weighted by Crippen LogP contribution is -2.47. The number of benzene rings is 6. The van der Waals surface area contributed by atoms with Crippen LogP contribution in [0.2, 0.25) is 0 Å². The quantitative estimate of drug-likeness (QED) is 0.0423. The summed E-state index contributed by atoms with van der Waals surface area (Å²) in [5, 5.41) is 5.70. The molecular weight excluding hydrogens is 1040 g/mol. The molecule has 0 fully saturated rings. The summed E-state index contributed by atoms with van der Waals surface area (Å²) < 4.78 is 4.31. The molecule has 6 aromatic rings. The van der Waals surface area contributed by atoms with Crippen LogP contribution in [0.15, 0.2) is 182 Å². The molecule has 0 saturated heterocycles. The average molecular weight is 1120 g/mol. The van der Waals surface area contributed by atoms with E-state index < -0.39 is 51.1 Å². The van der Waals surface area contributed by atoms with Crippen molar-refractivity contribution >= 4 is 58.8 Å². The van der Waals surface area contributed by atoms with E-state index in [0.717, 1.165) is 33.4 Å². The predicted octanol–water partition coefficient (Wildman–Crippen LogP) is 12.6. The number of amides is 3. The Labute approximate surface area is 484 Å². The van der Waals surface area contributed by atoms with Crippen molar-refractivity contribution in [3.8, 4) is 0 Å². The van der Waals surface area contributed by atoms with Gasteiger partial charge in [0.15, 0.2) is 11.6 Å². The first-order valence-corrected chi connectivity index (χ1v) is 29.8. The zero-order valence-corrected chi connectivity index (χ0v) is 49.7. The predicted molar refractivity (Wildman–Crippen MR) is 327 cm³/mol. The molecule has 0 aliphatic carbocycles. The van der Waals surface area contributed by atoms with Crippen LogP contribution < -0.4 is 16.4 Å². The molecule has 0 spiro atoms. The van der Waals surface area contributed by atoms with Gasteiger partial charge in [0.25, 0.3) is 0 Å². The number of hydrogen-bond acceptors (Lipinski definition) is 10. The lowest BCUT2D eigenvalue weighted by atomic mass is 9.84. The van der Waals surface area contributed by atoms with E-state index in [-0.39, 0.29) is 47.8 Å². The molecule has 80 heavy (non-hydrogen) atoms. The van der Waals surface area contributed by atoms with E-state index in [1.165, 1.54) is 4.90 Å². The summed E-state index contributed by atoms with van der Waals surface area (Å²) in [4.78, 5) is 80.4. The number of carbonyl (C=O) groups excluding carboxylic acids is 6. The lowest BCUT2D eigenvalue weighted by molar-refractivity contribution is -0.133. The Hall–Kier alpha value is -6.80. The van der Waals surface area contributed by atoms with E-state index in [9.17, 15) is 28.8 Å². The van der Waals surface area contributed by atoms with Gasteiger partial charge in [0, 0.05) is 44.9 Å². The van der Waals surface area contributed by atoms with Gasteiger partial charge in [-0.1, -0.05) is 210 Å². The number of nitrogens with two attached hydrogens (primary N) is 1. The molecule has 424 valence electrons. The van der Waals surface area contributed by atoms with E-state index in [1.54, 1.807) is 65.3 Å². The second kappa shape index (κ2) is 31.3. The molecule has 5 atom stereocenters. The molecule has 0 aliphatic heterocycles. The first-order chi connectivity index (χ1) is 38.4. The Morgan fingerprint density at radius 1 is 0.500 bits per heavy atom. The van der Waals surface area contributed by atoms with Gasteiger partial charge in [-0.15, -0.1) is 23.5 Å². The summed E-state index contributed by atoms with van der Waals surface area (Å²) >= 11 is 3.28. The van der Waals surface area contributed by atoms with Gasteiger partial charge in [-0.25, -0.2) is 4.79 Å². The molecule has 0 bridgehead atoms. The van der Waals surface area contributed by atoms with Gasteiger partial charge < -0.3 is 26.0 Å². The Bertz CT molecular complexity index is 2680. The number of Topliss-reactive ketones (excluding diaryl/α,β-unsaturated/α-hetero) is 3. The number of nitrogens with one attached hydrogen (secondary N) is 2. The van der Waals surface area contributed by atoms with Crippen LogP contribution in [0.3, 0.4) is 0 Å². The van der Waals surface area contributed by atoms with Crippen molar-refractivity contribution in [2.24, 2.45) is 17.6 Å². The lowest BCUT2D eigenvalue weighted by Gasteiger charge is -2.37. The maximum absolute atomic E-state index is 14.1. The third-order valence-electron chi connectivity index (χ3n) is 14.2. The van der Waals surface area contributed by atoms with Crippen molar-refractivity contribution in [3.05, 3.63) is 215 Å². The highest BCUT2D eigenvalue weighted by atomic mass is 32.2. The topological polar surface area (TPSA) is 165 Å². The third-order valence-corrected chi connectivity index (χ3v) is 17.6. The fourth-order valence-electron chi connectivity index (χ4n) is 9.77. The van der Waals surface area contributed by atoms with Crippen molar-refractivity contribution in [1.82, 2.24) is 15.5 Å². The van der Waals surface area contributed by atoms with Gasteiger partial charge in [-0.3, -0.25) is 24.0 Å². The second-order valence-corrected chi connectivity index (χ2v) is 23.3. The van der Waals surface area contributed by atoms with Crippen molar-refractivity contribution in [3.63, 3.8) is 0 Å². The SMILES string of the molecule is CCC(=O)[C@@H](CC)NC(=O)[C@@H](CSC(c1ccccc1)(c1ccccc1)c1ccccc1)CC(=O)[C@@H](CC)N(C)C(=O)OC(C)(C)C.CC[C@@H](N)C(=O)C[C@H](CSC(c1ccccc1)(c1ccccc1)c1ccccc1)C(=O)NC. The molecule has 0 radical (unpaired) electrons. The summed E-state index contributed by atoms with van der Waals surface area (Å²) in [6, 6.07) is 59.5. The van der Waals surface area contributed by atoms with Crippen LogP contribution in [-0.2, 0) is 38.2 Å². The minimum atomic E-state index is -0.775. The Morgan fingerprint density at radius 3 is 1.12 bits per heavy atom. The fraction of sp³-hybridized carbons (Fsp3) is 0.373. The number of nitrogens with zero attached hydrogens (tertiary/aromatic N) is 1. The van der Waals surface area contributed by atoms with Gasteiger partial charge in [-0.2, -0.15) is 0 Å². The number of rotatable bonds is 27. The van der Waals surface area contributed by atoms with E-state index in [0.29, 0.717) is 31.4 Å². The highest BCUT2D eigenvalue weighted by molar-refractivity contribution is 8.00. The second-order valence-electron chi connectivity index (χ2n) is 20.8. The van der Waals surface area contributed by atoms with Crippen molar-refractivity contribution in [1.29, 1.82) is 0 Å². The van der Waals surface area contributed by atoms with Crippen molar-refractivity contribution in [2.75, 3.05) is 25.6 Å². The first kappa shape index (κ1) is 64.0. The standard InChI is InChI=1S/C39H50N2O5S.C28H32N2O2S/c1-8-32(34(42)10-3)40-36(44)28(26-35(43)33(9-2)41(7)37(45)46-38(4,5)6)27-47-39(29-20-14-11-15-21-29,30-22-16-12-17-23-30)31-24-18-13-19-25-31;1-3-25(29)26(31)19-21(27(32)30-2)20-33-28(22-13-7-4-8-14-22,23-15-9-5-10-16-23)24-17-11-6-12-18-24/h11-25,28,32-33H,8-10,26-27H2,1-7H3,(H,40,44);4-18,21,25H,3,19-20,29H2,1-2H3,(H,30,32)/t28-,32-,33-;21-,25-/m11/s1. The van der Waals surface area contributed by atoms with Gasteiger partial charge >= 0.3 is 6.09 Å². The Morgan fingerprint density at radius 2 is 0.838 bits per heavy atom. The molecular formula is C67H82N4O7S2. The highest BCUT2D eigenvalue weighted by Crippen LogP contribution is 2.51. The fourth-order valence-corrected chi connectivity index (χ4v) is 13.0. The molecule has 4 N–H and O–H groups in total. The molecule has 0 aromatic heterocycles. The summed E-state index contributed by atoms with van der Waals surface area (Å²) in [5.41, 5.74) is 11.7. The minimum Gasteiger partial charge on any atom is -0.444 e. The van der Waals surface area contributed by atoms with Gasteiger partial charge in [0.05, 0.1) is 39.5 Å². The number of carbonyl (C=O) groups is 6. The molecule has 13 heteroatoms. The maximum Gasteiger partial charge on any atom is 0.410 e. The minimum absolute atomic E-state index is 0.0538. The smallest absolute Gasteiger partial charge is 0.410 e. The number of ether oxygens (including phenoxy) is 1. The van der Waals surface area contributed by atoms with Gasteiger partial charge in [0.2, 0.25) is 11.8 Å². The molecule has 3 amide bonds. The van der Waals surface area contributed by atoms with Crippen LogP contribution >= 0.6 is 23.5 Å². The van der Waals surface area contributed by atoms with Gasteiger partial charge in [-0.05, 0) is 73.4 Å². The molecule has 0 aliphatic rings. The zero-order chi connectivity index (χ0) is 58.3. The number of ketones is 3. The molecule has 0 saturated carbocycles. The third kappa shape index (κ3) is 16.9. The maximum atomic E-state index is 14.1. The van der Waals surface area contributed by atoms with Crippen LogP contribution in [0, 0.1) is 11.8 Å². The van der Waals surface area contributed by atoms with E-state index >= 15 is 0 Å². The zero-order valence-electron chi connectivity index (χ0n) is 48.1. The van der Waals surface area contributed by atoms with E-state index in [1.807, 2.05) is 130 Å². The van der Waals surface area contributed by atoms with Crippen molar-refractivity contribution < 1.29 is 33.5 Å². The molecule has 6 rings (SSSR count). The summed E-state index contributed by atoms with van der Waals surface area (Å²) in [6.07, 6.45) is 1.12. The highest BCUT2D eigenvalue weighted by Gasteiger charge is 2.41. The normalized spacial score (nSPS) is 13.4. The monoisotopic (exact) mass is 1120 g/mol. The van der Waals surface area contributed by atoms with Crippen LogP contribution in [0.4, 0.5) is 4.79 Å². The summed E-state index contributed by atoms with van der Waals surface area (Å²) in [5.74, 6) is -1.34. The Kier molecular flexibility index (Phi) is 25.0. The molecule has 6 aromatic carbocycles. The van der Waals surface area contributed by atoms with E-state index in [2.05, 4.69) is 83.4 Å². The largest absolute Gasteiger partial charge is 0.444 e. The molecule has 0 heterocycles. The van der Waals surface area contributed by atoms with Crippen LogP contribution in [-0.4, -0.2) is 89.5 Å². The average Bonchev–Trinajstić information content (AvgIpc) is 3.48. The number of likely N-dealkylation sites (N-methyl/N-ethyl adjacent to an activating group) is 1. The number of hydrogen-bond donors (Lipinski definition) is 3. The van der Waals surface area contributed by atoms with Gasteiger partial charge in [0.1, 0.15) is 11.4 Å². The van der Waals surface area contributed by atoms with E-state index in [4.69, 9.17) is 10.5 Å². The number of thioether (sulfide) groups is 2.